The minimum atomic E-state index is -0.650. The fraction of sp³-hybridized carbons (Fsp3) is 0.190. The number of methoxy groups -OCH3 is 2. The molecule has 2 amide bonds. The van der Waals surface area contributed by atoms with Gasteiger partial charge < -0.3 is 23.5 Å². The molecule has 4 rings (SSSR count). The first-order valence-electron chi connectivity index (χ1n) is 9.28. The number of hydrazine groups is 1. The minimum Gasteiger partial charge on any atom is -0.497 e. The summed E-state index contributed by atoms with van der Waals surface area (Å²) < 4.78 is 26.7. The van der Waals surface area contributed by atoms with Crippen LogP contribution in [0.3, 0.4) is 0 Å². The Kier molecular flexibility index (Phi) is 5.61. The van der Waals surface area contributed by atoms with E-state index in [9.17, 15) is 9.59 Å². The van der Waals surface area contributed by atoms with Crippen molar-refractivity contribution in [2.24, 2.45) is 0 Å². The molecule has 0 spiro atoms. The topological polar surface area (TPSA) is 121 Å². The largest absolute Gasteiger partial charge is 0.497 e. The van der Waals surface area contributed by atoms with E-state index >= 15 is 0 Å². The number of amides is 2. The van der Waals surface area contributed by atoms with Crippen LogP contribution >= 0.6 is 0 Å². The van der Waals surface area contributed by atoms with E-state index in [0.717, 1.165) is 0 Å². The van der Waals surface area contributed by atoms with E-state index in [1.165, 1.54) is 20.3 Å². The number of hydrogen-bond donors (Lipinski definition) is 2. The third-order valence-electron chi connectivity index (χ3n) is 4.51. The third kappa shape index (κ3) is 4.22. The van der Waals surface area contributed by atoms with E-state index in [-0.39, 0.29) is 5.69 Å². The molecule has 0 bridgehead atoms. The molecule has 31 heavy (non-hydrogen) atoms. The highest BCUT2D eigenvalue weighted by Crippen LogP contribution is 2.34. The Hall–Kier alpha value is -4.21. The van der Waals surface area contributed by atoms with Crippen molar-refractivity contribution in [3.05, 3.63) is 53.7 Å². The Morgan fingerprint density at radius 3 is 2.45 bits per heavy atom. The van der Waals surface area contributed by atoms with Crippen LogP contribution in [-0.4, -0.2) is 44.4 Å². The third-order valence-corrected chi connectivity index (χ3v) is 4.51. The Bertz CT molecular complexity index is 1130. The lowest BCUT2D eigenvalue weighted by atomic mass is 10.1. The van der Waals surface area contributed by atoms with Crippen LogP contribution in [0.4, 0.5) is 0 Å². The molecule has 0 saturated carbocycles. The van der Waals surface area contributed by atoms with Crippen molar-refractivity contribution in [3.63, 3.8) is 0 Å². The zero-order chi connectivity index (χ0) is 21.8. The smallest absolute Gasteiger partial charge is 0.291 e. The van der Waals surface area contributed by atoms with Gasteiger partial charge in [0.05, 0.1) is 19.8 Å². The van der Waals surface area contributed by atoms with E-state index in [1.54, 1.807) is 36.4 Å². The molecule has 10 nitrogen and oxygen atoms in total. The lowest BCUT2D eigenvalue weighted by Crippen LogP contribution is -2.41. The summed E-state index contributed by atoms with van der Waals surface area (Å²) in [6.07, 6.45) is 0. The number of ether oxygens (including phenoxy) is 4. The molecule has 1 aliphatic rings. The number of carbonyl (C=O) groups is 2. The highest BCUT2D eigenvalue weighted by atomic mass is 16.6. The first-order chi connectivity index (χ1) is 15.1. The van der Waals surface area contributed by atoms with Crippen molar-refractivity contribution >= 4 is 11.8 Å². The monoisotopic (exact) mass is 425 g/mol. The number of nitrogens with zero attached hydrogens (tertiary/aromatic N) is 1. The summed E-state index contributed by atoms with van der Waals surface area (Å²) in [5.74, 6) is 1.28. The van der Waals surface area contributed by atoms with Crippen molar-refractivity contribution in [1.82, 2.24) is 16.0 Å². The fourth-order valence-electron chi connectivity index (χ4n) is 2.95. The van der Waals surface area contributed by atoms with Crippen molar-refractivity contribution in [2.75, 3.05) is 27.4 Å². The van der Waals surface area contributed by atoms with Gasteiger partial charge in [-0.25, -0.2) is 0 Å². The number of benzene rings is 2. The molecule has 2 aromatic carbocycles. The second kappa shape index (κ2) is 8.66. The molecule has 3 aromatic rings. The lowest BCUT2D eigenvalue weighted by molar-refractivity contribution is 0.0841. The van der Waals surface area contributed by atoms with Crippen LogP contribution in [0.1, 0.15) is 20.8 Å². The van der Waals surface area contributed by atoms with E-state index < -0.39 is 11.8 Å². The molecular formula is C21H19N3O7. The van der Waals surface area contributed by atoms with Gasteiger partial charge in [-0.05, 0) is 36.4 Å². The molecule has 0 fully saturated rings. The SMILES string of the molecule is COc1ccc(OC)c(-c2cc(C(=O)NNC(=O)c3ccc4c(c3)OCCO4)no2)c1. The van der Waals surface area contributed by atoms with Gasteiger partial charge in [0.1, 0.15) is 24.7 Å². The highest BCUT2D eigenvalue weighted by molar-refractivity contribution is 5.99. The van der Waals surface area contributed by atoms with Crippen LogP contribution in [0.5, 0.6) is 23.0 Å². The lowest BCUT2D eigenvalue weighted by Gasteiger charge is -2.18. The van der Waals surface area contributed by atoms with Crippen LogP contribution in [0.2, 0.25) is 0 Å². The summed E-state index contributed by atoms with van der Waals surface area (Å²) >= 11 is 0. The molecule has 0 unspecified atom stereocenters. The van der Waals surface area contributed by atoms with Gasteiger partial charge in [0.15, 0.2) is 23.0 Å². The van der Waals surface area contributed by atoms with E-state index in [0.29, 0.717) is 53.1 Å². The zero-order valence-corrected chi connectivity index (χ0v) is 16.8. The number of hydrogen-bond acceptors (Lipinski definition) is 8. The molecule has 1 aliphatic heterocycles. The quantitative estimate of drug-likeness (QED) is 0.597. The summed E-state index contributed by atoms with van der Waals surface area (Å²) in [6.45, 7) is 0.858. The Balaban J connectivity index is 1.43. The summed E-state index contributed by atoms with van der Waals surface area (Å²) in [5.41, 5.74) is 5.47. The van der Waals surface area contributed by atoms with Gasteiger partial charge in [-0.1, -0.05) is 5.16 Å². The minimum absolute atomic E-state index is 0.0256. The predicted molar refractivity (Wildman–Crippen MR) is 107 cm³/mol. The zero-order valence-electron chi connectivity index (χ0n) is 16.8. The van der Waals surface area contributed by atoms with Gasteiger partial charge in [0.2, 0.25) is 0 Å². The molecule has 2 N–H and O–H groups in total. The molecular weight excluding hydrogens is 406 g/mol. The molecule has 0 aliphatic carbocycles. The molecule has 0 saturated heterocycles. The number of aromatic nitrogens is 1. The predicted octanol–water partition coefficient (Wildman–Crippen LogP) is 2.20. The molecule has 1 aromatic heterocycles. The molecule has 0 radical (unpaired) electrons. The van der Waals surface area contributed by atoms with Gasteiger partial charge in [-0.2, -0.15) is 0 Å². The highest BCUT2D eigenvalue weighted by Gasteiger charge is 2.19. The maximum absolute atomic E-state index is 12.4. The number of nitrogens with one attached hydrogen (secondary N) is 2. The van der Waals surface area contributed by atoms with Crippen LogP contribution in [0.25, 0.3) is 11.3 Å². The van der Waals surface area contributed by atoms with Crippen LogP contribution < -0.4 is 29.8 Å². The van der Waals surface area contributed by atoms with Crippen molar-refractivity contribution in [1.29, 1.82) is 0 Å². The standard InChI is InChI=1S/C21H19N3O7/c1-27-13-4-6-16(28-2)14(10-13)18-11-15(24-31-18)21(26)23-22-20(25)12-3-5-17-19(9-12)30-8-7-29-17/h3-6,9-11H,7-8H2,1-2H3,(H,22,25)(H,23,26). The van der Waals surface area contributed by atoms with E-state index in [1.807, 2.05) is 0 Å². The van der Waals surface area contributed by atoms with Crippen molar-refractivity contribution in [3.8, 4) is 34.3 Å². The first-order valence-corrected chi connectivity index (χ1v) is 9.28. The first kappa shape index (κ1) is 20.1. The van der Waals surface area contributed by atoms with Gasteiger partial charge in [0.25, 0.3) is 11.8 Å². The summed E-state index contributed by atoms with van der Waals surface area (Å²) in [7, 11) is 3.05. The van der Waals surface area contributed by atoms with Crippen molar-refractivity contribution < 1.29 is 33.1 Å². The number of rotatable bonds is 5. The van der Waals surface area contributed by atoms with Gasteiger partial charge in [-0.15, -0.1) is 0 Å². The van der Waals surface area contributed by atoms with E-state index in [2.05, 4.69) is 16.0 Å². The molecule has 10 heteroatoms. The molecule has 160 valence electrons. The van der Waals surface area contributed by atoms with Crippen LogP contribution in [0, 0.1) is 0 Å². The fourth-order valence-corrected chi connectivity index (χ4v) is 2.95. The molecule has 2 heterocycles. The second-order valence-electron chi connectivity index (χ2n) is 6.41. The van der Waals surface area contributed by atoms with Gasteiger partial charge in [0, 0.05) is 11.6 Å². The van der Waals surface area contributed by atoms with E-state index in [4.69, 9.17) is 23.5 Å². The maximum atomic E-state index is 12.4. The Labute approximate surface area is 177 Å². The normalized spacial score (nSPS) is 12.1. The summed E-state index contributed by atoms with van der Waals surface area (Å²) in [5, 5.41) is 3.76. The van der Waals surface area contributed by atoms with Gasteiger partial charge in [-0.3, -0.25) is 20.4 Å². The summed E-state index contributed by atoms with van der Waals surface area (Å²) in [6, 6.07) is 11.3. The Morgan fingerprint density at radius 2 is 1.68 bits per heavy atom. The average molecular weight is 425 g/mol. The average Bonchev–Trinajstić information content (AvgIpc) is 3.31. The number of fused-ring (bicyclic) bond motifs is 1. The summed E-state index contributed by atoms with van der Waals surface area (Å²) in [4.78, 5) is 24.7. The second-order valence-corrected chi connectivity index (χ2v) is 6.41. The Morgan fingerprint density at radius 1 is 0.903 bits per heavy atom. The molecule has 0 atom stereocenters. The van der Waals surface area contributed by atoms with Gasteiger partial charge >= 0.3 is 0 Å². The number of carbonyl (C=O) groups excluding carboxylic acids is 2. The van der Waals surface area contributed by atoms with Crippen LogP contribution in [0.15, 0.2) is 47.0 Å². The maximum Gasteiger partial charge on any atom is 0.291 e. The van der Waals surface area contributed by atoms with Crippen LogP contribution in [-0.2, 0) is 0 Å². The van der Waals surface area contributed by atoms with Crippen molar-refractivity contribution in [2.45, 2.75) is 0 Å².